The Hall–Kier alpha value is -1.13. The van der Waals surface area contributed by atoms with Crippen molar-refractivity contribution in [2.45, 2.75) is 12.3 Å². The van der Waals surface area contributed by atoms with Crippen molar-refractivity contribution in [2.75, 3.05) is 27.3 Å². The molecule has 0 aliphatic heterocycles. The number of halogens is 1. The normalized spacial score (nSPS) is 14.6. The lowest BCUT2D eigenvalue weighted by Crippen LogP contribution is -2.37. The fourth-order valence-corrected chi connectivity index (χ4v) is 1.68. The number of aliphatic hydroxyl groups is 1. The van der Waals surface area contributed by atoms with Crippen LogP contribution in [0.1, 0.15) is 12.5 Å². The first-order valence-electron chi connectivity index (χ1n) is 5.17. The maximum atomic E-state index is 13.5. The van der Waals surface area contributed by atoms with Gasteiger partial charge >= 0.3 is 0 Å². The van der Waals surface area contributed by atoms with E-state index in [1.54, 1.807) is 19.2 Å². The van der Waals surface area contributed by atoms with Gasteiger partial charge in [-0.25, -0.2) is 4.39 Å². The lowest BCUT2D eigenvalue weighted by atomic mass is 9.83. The minimum atomic E-state index is -0.484. The first kappa shape index (κ1) is 12.9. The maximum Gasteiger partial charge on any atom is 0.165 e. The van der Waals surface area contributed by atoms with Crippen molar-refractivity contribution >= 4 is 0 Å². The standard InChI is InChI=1S/C12H18FNO2/c1-12(8-15,7-14-2)9-4-5-11(16-3)10(13)6-9/h4-6,14-15H,7-8H2,1-3H3. The fraction of sp³-hybridized carbons (Fsp3) is 0.500. The molecular weight excluding hydrogens is 209 g/mol. The number of hydrogen-bond acceptors (Lipinski definition) is 3. The number of aliphatic hydroxyl groups excluding tert-OH is 1. The summed E-state index contributed by atoms with van der Waals surface area (Å²) in [6.07, 6.45) is 0. The van der Waals surface area contributed by atoms with Gasteiger partial charge in [0.15, 0.2) is 11.6 Å². The Balaban J connectivity index is 3.07. The highest BCUT2D eigenvalue weighted by atomic mass is 19.1. The SMILES string of the molecule is CNCC(C)(CO)c1ccc(OC)c(F)c1. The zero-order chi connectivity index (χ0) is 12.2. The van der Waals surface area contributed by atoms with Crippen molar-refractivity contribution in [3.05, 3.63) is 29.6 Å². The molecule has 2 N–H and O–H groups in total. The average Bonchev–Trinajstić information content (AvgIpc) is 2.29. The van der Waals surface area contributed by atoms with Crippen molar-refractivity contribution in [3.63, 3.8) is 0 Å². The van der Waals surface area contributed by atoms with Crippen molar-refractivity contribution < 1.29 is 14.2 Å². The molecule has 0 saturated carbocycles. The zero-order valence-corrected chi connectivity index (χ0v) is 9.88. The van der Waals surface area contributed by atoms with Crippen LogP contribution >= 0.6 is 0 Å². The number of rotatable bonds is 5. The van der Waals surface area contributed by atoms with E-state index in [2.05, 4.69) is 5.32 Å². The maximum absolute atomic E-state index is 13.5. The van der Waals surface area contributed by atoms with Crippen molar-refractivity contribution in [1.29, 1.82) is 0 Å². The van der Waals surface area contributed by atoms with E-state index in [1.165, 1.54) is 13.2 Å². The van der Waals surface area contributed by atoms with Gasteiger partial charge in [0.25, 0.3) is 0 Å². The highest BCUT2D eigenvalue weighted by Crippen LogP contribution is 2.27. The molecule has 0 bridgehead atoms. The van der Waals surface area contributed by atoms with Gasteiger partial charge in [0.1, 0.15) is 0 Å². The van der Waals surface area contributed by atoms with Crippen molar-refractivity contribution in [1.82, 2.24) is 5.32 Å². The largest absolute Gasteiger partial charge is 0.494 e. The van der Waals surface area contributed by atoms with Crippen molar-refractivity contribution in [2.24, 2.45) is 0 Å². The molecule has 3 nitrogen and oxygen atoms in total. The Labute approximate surface area is 95.2 Å². The Kier molecular flexibility index (Phi) is 4.26. The topological polar surface area (TPSA) is 41.5 Å². The van der Waals surface area contributed by atoms with Gasteiger partial charge in [-0.2, -0.15) is 0 Å². The molecular formula is C12H18FNO2. The predicted molar refractivity (Wildman–Crippen MR) is 61.3 cm³/mol. The van der Waals surface area contributed by atoms with Crippen LogP contribution in [0.3, 0.4) is 0 Å². The van der Waals surface area contributed by atoms with Crippen LogP contribution < -0.4 is 10.1 Å². The van der Waals surface area contributed by atoms with Crippen LogP contribution in [-0.2, 0) is 5.41 Å². The van der Waals surface area contributed by atoms with E-state index in [4.69, 9.17) is 4.74 Å². The minimum absolute atomic E-state index is 0.0421. The molecule has 0 aliphatic carbocycles. The summed E-state index contributed by atoms with van der Waals surface area (Å²) in [5, 5.41) is 12.4. The Morgan fingerprint density at radius 3 is 2.62 bits per heavy atom. The minimum Gasteiger partial charge on any atom is -0.494 e. The van der Waals surface area contributed by atoms with Crippen LogP contribution in [0.2, 0.25) is 0 Å². The lowest BCUT2D eigenvalue weighted by Gasteiger charge is -2.27. The predicted octanol–water partition coefficient (Wildman–Crippen LogP) is 1.30. The monoisotopic (exact) mass is 227 g/mol. The van der Waals surface area contributed by atoms with E-state index in [1.807, 2.05) is 6.92 Å². The molecule has 0 amide bonds. The van der Waals surface area contributed by atoms with Gasteiger partial charge in [0.2, 0.25) is 0 Å². The molecule has 1 aromatic carbocycles. The molecule has 1 unspecified atom stereocenters. The Bertz CT molecular complexity index is 357. The number of ether oxygens (including phenoxy) is 1. The van der Waals surface area contributed by atoms with Gasteiger partial charge in [-0.3, -0.25) is 0 Å². The van der Waals surface area contributed by atoms with E-state index in [-0.39, 0.29) is 12.4 Å². The molecule has 0 aromatic heterocycles. The molecule has 0 heterocycles. The molecule has 0 aliphatic rings. The van der Waals surface area contributed by atoms with E-state index in [0.29, 0.717) is 6.54 Å². The highest BCUT2D eigenvalue weighted by molar-refractivity contribution is 5.34. The number of benzene rings is 1. The average molecular weight is 227 g/mol. The molecule has 1 rings (SSSR count). The Morgan fingerprint density at radius 2 is 2.19 bits per heavy atom. The summed E-state index contributed by atoms with van der Waals surface area (Å²) < 4.78 is 18.4. The molecule has 0 spiro atoms. The van der Waals surface area contributed by atoms with Crippen LogP contribution in [0.15, 0.2) is 18.2 Å². The van der Waals surface area contributed by atoms with Crippen LogP contribution in [-0.4, -0.2) is 32.4 Å². The third-order valence-corrected chi connectivity index (χ3v) is 2.76. The second-order valence-corrected chi connectivity index (χ2v) is 4.10. The fourth-order valence-electron chi connectivity index (χ4n) is 1.68. The number of methoxy groups -OCH3 is 1. The molecule has 90 valence electrons. The van der Waals surface area contributed by atoms with Crippen LogP contribution in [0, 0.1) is 5.82 Å². The highest BCUT2D eigenvalue weighted by Gasteiger charge is 2.26. The van der Waals surface area contributed by atoms with Gasteiger partial charge < -0.3 is 15.2 Å². The summed E-state index contributed by atoms with van der Waals surface area (Å²) in [5.74, 6) is -0.190. The van der Waals surface area contributed by atoms with E-state index in [0.717, 1.165) is 5.56 Å². The number of nitrogens with one attached hydrogen (secondary N) is 1. The van der Waals surface area contributed by atoms with Gasteiger partial charge in [-0.05, 0) is 24.7 Å². The van der Waals surface area contributed by atoms with Gasteiger partial charge in [-0.15, -0.1) is 0 Å². The zero-order valence-electron chi connectivity index (χ0n) is 9.88. The van der Waals surface area contributed by atoms with E-state index in [9.17, 15) is 9.50 Å². The first-order chi connectivity index (χ1) is 7.57. The van der Waals surface area contributed by atoms with Gasteiger partial charge in [-0.1, -0.05) is 13.0 Å². The summed E-state index contributed by atoms with van der Waals surface area (Å²) in [6.45, 7) is 2.42. The molecule has 0 fully saturated rings. The van der Waals surface area contributed by atoms with Crippen molar-refractivity contribution in [3.8, 4) is 5.75 Å². The van der Waals surface area contributed by atoms with Crippen LogP contribution in [0.5, 0.6) is 5.75 Å². The smallest absolute Gasteiger partial charge is 0.165 e. The molecule has 0 radical (unpaired) electrons. The summed E-state index contributed by atoms with van der Waals surface area (Å²) in [5.41, 5.74) is 0.268. The molecule has 0 saturated heterocycles. The quantitative estimate of drug-likeness (QED) is 0.796. The van der Waals surface area contributed by atoms with Crippen LogP contribution in [0.25, 0.3) is 0 Å². The third kappa shape index (κ3) is 2.51. The second-order valence-electron chi connectivity index (χ2n) is 4.10. The van der Waals surface area contributed by atoms with Gasteiger partial charge in [0.05, 0.1) is 13.7 Å². The molecule has 4 heteroatoms. The first-order valence-corrected chi connectivity index (χ1v) is 5.17. The van der Waals surface area contributed by atoms with E-state index < -0.39 is 11.2 Å². The molecule has 1 aromatic rings. The lowest BCUT2D eigenvalue weighted by molar-refractivity contribution is 0.203. The summed E-state index contributed by atoms with van der Waals surface area (Å²) >= 11 is 0. The van der Waals surface area contributed by atoms with E-state index >= 15 is 0 Å². The molecule has 1 atom stereocenters. The number of likely N-dealkylation sites (N-methyl/N-ethyl adjacent to an activating group) is 1. The molecule has 16 heavy (non-hydrogen) atoms. The third-order valence-electron chi connectivity index (χ3n) is 2.76. The summed E-state index contributed by atoms with van der Waals surface area (Å²) in [4.78, 5) is 0. The Morgan fingerprint density at radius 1 is 1.50 bits per heavy atom. The number of hydrogen-bond donors (Lipinski definition) is 2. The summed E-state index contributed by atoms with van der Waals surface area (Å²) in [7, 11) is 3.23. The van der Waals surface area contributed by atoms with Crippen LogP contribution in [0.4, 0.5) is 4.39 Å². The summed E-state index contributed by atoms with van der Waals surface area (Å²) in [6, 6.07) is 4.76. The second kappa shape index (κ2) is 5.27. The van der Waals surface area contributed by atoms with Gasteiger partial charge in [0, 0.05) is 12.0 Å².